The molecule has 1 atom stereocenters. The predicted octanol–water partition coefficient (Wildman–Crippen LogP) is 3.90. The van der Waals surface area contributed by atoms with Crippen LogP contribution in [0.2, 0.25) is 0 Å². The Kier molecular flexibility index (Phi) is 3.42. The summed E-state index contributed by atoms with van der Waals surface area (Å²) in [4.78, 5) is 1.40. The molecular weight excluding hydrogens is 251 g/mol. The number of hydrogen-bond donors (Lipinski definition) is 0. The van der Waals surface area contributed by atoms with Crippen molar-refractivity contribution in [3.05, 3.63) is 34.9 Å². The summed E-state index contributed by atoms with van der Waals surface area (Å²) in [6.07, 6.45) is -4.10. The van der Waals surface area contributed by atoms with Crippen LogP contribution in [-0.4, -0.2) is 24.2 Å². The van der Waals surface area contributed by atoms with Gasteiger partial charge in [-0.2, -0.15) is 13.2 Å². The van der Waals surface area contributed by atoms with Gasteiger partial charge in [0, 0.05) is 6.54 Å². The molecule has 1 heterocycles. The van der Waals surface area contributed by atoms with Gasteiger partial charge in [0.05, 0.1) is 0 Å². The van der Waals surface area contributed by atoms with Gasteiger partial charge in [0.25, 0.3) is 0 Å². The fourth-order valence-electron chi connectivity index (χ4n) is 2.55. The van der Waals surface area contributed by atoms with Crippen molar-refractivity contribution in [1.82, 2.24) is 4.90 Å². The first-order valence-electron chi connectivity index (χ1n) is 6.48. The van der Waals surface area contributed by atoms with Crippen LogP contribution in [0.5, 0.6) is 0 Å². The maximum atomic E-state index is 12.9. The van der Waals surface area contributed by atoms with Gasteiger partial charge in [-0.05, 0) is 35.6 Å². The first-order chi connectivity index (χ1) is 8.59. The molecule has 0 amide bonds. The molecule has 0 aliphatic carbocycles. The number of nitrogens with zero attached hydrogens (tertiary/aromatic N) is 1. The van der Waals surface area contributed by atoms with E-state index < -0.39 is 12.2 Å². The second kappa shape index (κ2) is 4.51. The summed E-state index contributed by atoms with van der Waals surface area (Å²) in [6.45, 7) is 6.70. The SMILES string of the molecule is CN1Cc2cc(C(C)(C)C)ccc2CC1C(F)(F)F. The van der Waals surface area contributed by atoms with E-state index in [4.69, 9.17) is 0 Å². The molecule has 0 spiro atoms. The highest BCUT2D eigenvalue weighted by molar-refractivity contribution is 5.37. The zero-order valence-corrected chi connectivity index (χ0v) is 11.8. The summed E-state index contributed by atoms with van der Waals surface area (Å²) >= 11 is 0. The summed E-state index contributed by atoms with van der Waals surface area (Å²) in [6, 6.07) is 4.51. The van der Waals surface area contributed by atoms with E-state index in [0.29, 0.717) is 6.54 Å². The number of benzene rings is 1. The Bertz CT molecular complexity index is 471. The number of alkyl halides is 3. The average Bonchev–Trinajstić information content (AvgIpc) is 2.24. The minimum atomic E-state index is -4.16. The van der Waals surface area contributed by atoms with Gasteiger partial charge >= 0.3 is 6.18 Å². The minimum Gasteiger partial charge on any atom is -0.291 e. The van der Waals surface area contributed by atoms with Crippen LogP contribution in [0.15, 0.2) is 18.2 Å². The summed E-state index contributed by atoms with van der Waals surface area (Å²) in [5, 5.41) is 0. The Balaban J connectivity index is 2.34. The number of hydrogen-bond acceptors (Lipinski definition) is 1. The molecule has 1 aromatic carbocycles. The van der Waals surface area contributed by atoms with Gasteiger partial charge < -0.3 is 0 Å². The average molecular weight is 271 g/mol. The van der Waals surface area contributed by atoms with Crippen molar-refractivity contribution in [3.63, 3.8) is 0 Å². The van der Waals surface area contributed by atoms with Crippen molar-refractivity contribution >= 4 is 0 Å². The smallest absolute Gasteiger partial charge is 0.291 e. The molecule has 0 bridgehead atoms. The predicted molar refractivity (Wildman–Crippen MR) is 70.2 cm³/mol. The lowest BCUT2D eigenvalue weighted by atomic mass is 9.83. The van der Waals surface area contributed by atoms with Crippen molar-refractivity contribution in [3.8, 4) is 0 Å². The molecule has 0 N–H and O–H groups in total. The molecule has 0 radical (unpaired) electrons. The van der Waals surface area contributed by atoms with Crippen molar-refractivity contribution in [1.29, 1.82) is 0 Å². The van der Waals surface area contributed by atoms with Crippen LogP contribution >= 0.6 is 0 Å². The van der Waals surface area contributed by atoms with Gasteiger partial charge in [-0.3, -0.25) is 4.90 Å². The van der Waals surface area contributed by atoms with E-state index in [1.54, 1.807) is 7.05 Å². The Morgan fingerprint density at radius 3 is 2.26 bits per heavy atom. The van der Waals surface area contributed by atoms with Gasteiger partial charge in [-0.1, -0.05) is 39.0 Å². The van der Waals surface area contributed by atoms with Crippen molar-refractivity contribution in [2.45, 2.75) is 51.4 Å². The molecule has 1 aliphatic rings. The lowest BCUT2D eigenvalue weighted by Crippen LogP contribution is -2.47. The van der Waals surface area contributed by atoms with Gasteiger partial charge in [0.15, 0.2) is 0 Å². The molecule has 1 aromatic rings. The normalized spacial score (nSPS) is 21.3. The topological polar surface area (TPSA) is 3.24 Å². The number of fused-ring (bicyclic) bond motifs is 1. The van der Waals surface area contributed by atoms with Crippen LogP contribution in [0.25, 0.3) is 0 Å². The fourth-order valence-corrected chi connectivity index (χ4v) is 2.55. The monoisotopic (exact) mass is 271 g/mol. The van der Waals surface area contributed by atoms with E-state index in [0.717, 1.165) is 11.1 Å². The fraction of sp³-hybridized carbons (Fsp3) is 0.600. The second-order valence-corrected chi connectivity index (χ2v) is 6.41. The quantitative estimate of drug-likeness (QED) is 0.691. The lowest BCUT2D eigenvalue weighted by Gasteiger charge is -2.36. The molecule has 0 saturated carbocycles. The molecule has 0 aromatic heterocycles. The van der Waals surface area contributed by atoms with E-state index in [1.165, 1.54) is 10.5 Å². The Labute approximate surface area is 112 Å². The molecule has 0 fully saturated rings. The van der Waals surface area contributed by atoms with Crippen LogP contribution in [0.1, 0.15) is 37.5 Å². The Hall–Kier alpha value is -1.03. The van der Waals surface area contributed by atoms with Gasteiger partial charge in [0.1, 0.15) is 6.04 Å². The molecule has 1 nitrogen and oxygen atoms in total. The first-order valence-corrected chi connectivity index (χ1v) is 6.48. The van der Waals surface area contributed by atoms with Gasteiger partial charge in [0.2, 0.25) is 0 Å². The van der Waals surface area contributed by atoms with Crippen LogP contribution in [0, 0.1) is 0 Å². The molecule has 0 saturated heterocycles. The van der Waals surface area contributed by atoms with Crippen LogP contribution in [0.4, 0.5) is 13.2 Å². The lowest BCUT2D eigenvalue weighted by molar-refractivity contribution is -0.183. The zero-order valence-electron chi connectivity index (χ0n) is 11.8. The summed E-state index contributed by atoms with van der Waals surface area (Å²) < 4.78 is 38.7. The highest BCUT2D eigenvalue weighted by atomic mass is 19.4. The molecule has 1 aliphatic heterocycles. The number of likely N-dealkylation sites (N-methyl/N-ethyl adjacent to an activating group) is 1. The molecule has 106 valence electrons. The highest BCUT2D eigenvalue weighted by Crippen LogP contribution is 2.34. The third-order valence-corrected chi connectivity index (χ3v) is 3.82. The van der Waals surface area contributed by atoms with Gasteiger partial charge in [-0.25, -0.2) is 0 Å². The van der Waals surface area contributed by atoms with E-state index in [9.17, 15) is 13.2 Å². The maximum absolute atomic E-state index is 12.9. The molecule has 19 heavy (non-hydrogen) atoms. The van der Waals surface area contributed by atoms with Crippen molar-refractivity contribution in [2.24, 2.45) is 0 Å². The number of rotatable bonds is 0. The summed E-state index contributed by atoms with van der Waals surface area (Å²) in [7, 11) is 1.55. The molecular formula is C15H20F3N. The Morgan fingerprint density at radius 2 is 1.74 bits per heavy atom. The van der Waals surface area contributed by atoms with Crippen LogP contribution in [-0.2, 0) is 18.4 Å². The zero-order chi connectivity index (χ0) is 14.4. The molecule has 1 unspecified atom stereocenters. The second-order valence-electron chi connectivity index (χ2n) is 6.41. The summed E-state index contributed by atoms with van der Waals surface area (Å²) in [5.74, 6) is 0. The van der Waals surface area contributed by atoms with E-state index in [2.05, 4.69) is 26.8 Å². The van der Waals surface area contributed by atoms with Crippen molar-refractivity contribution < 1.29 is 13.2 Å². The number of halogens is 3. The third-order valence-electron chi connectivity index (χ3n) is 3.82. The third kappa shape index (κ3) is 2.94. The van der Waals surface area contributed by atoms with Crippen molar-refractivity contribution in [2.75, 3.05) is 7.05 Å². The first kappa shape index (κ1) is 14.4. The Morgan fingerprint density at radius 1 is 1.11 bits per heavy atom. The molecule has 4 heteroatoms. The van der Waals surface area contributed by atoms with Crippen LogP contribution < -0.4 is 0 Å². The van der Waals surface area contributed by atoms with E-state index in [1.807, 2.05) is 12.1 Å². The summed E-state index contributed by atoms with van der Waals surface area (Å²) in [5.41, 5.74) is 3.04. The van der Waals surface area contributed by atoms with E-state index in [-0.39, 0.29) is 11.8 Å². The largest absolute Gasteiger partial charge is 0.404 e. The molecule has 2 rings (SSSR count). The van der Waals surface area contributed by atoms with Crippen LogP contribution in [0.3, 0.4) is 0 Å². The highest BCUT2D eigenvalue weighted by Gasteiger charge is 2.44. The standard InChI is InChI=1S/C15H20F3N/c1-14(2,3)12-6-5-10-8-13(15(16,17)18)19(4)9-11(10)7-12/h5-7,13H,8-9H2,1-4H3. The van der Waals surface area contributed by atoms with E-state index >= 15 is 0 Å². The maximum Gasteiger partial charge on any atom is 0.404 e. The van der Waals surface area contributed by atoms with Gasteiger partial charge in [-0.15, -0.1) is 0 Å². The minimum absolute atomic E-state index is 0.0223.